The van der Waals surface area contributed by atoms with E-state index in [1.54, 1.807) is 13.3 Å². The molecule has 4 fully saturated rings. The van der Waals surface area contributed by atoms with Crippen LogP contribution in [0.2, 0.25) is 0 Å². The van der Waals surface area contributed by atoms with E-state index in [9.17, 15) is 24.9 Å². The molecular weight excluding hydrogens is 520 g/mol. The van der Waals surface area contributed by atoms with Crippen molar-refractivity contribution in [3.05, 3.63) is 11.6 Å². The van der Waals surface area contributed by atoms with Crippen molar-refractivity contribution < 1.29 is 29.7 Å². The van der Waals surface area contributed by atoms with Crippen molar-refractivity contribution in [2.45, 2.75) is 112 Å². The number of oxime groups is 1. The number of hydrogen-bond donors (Lipinski definition) is 4. The van der Waals surface area contributed by atoms with Gasteiger partial charge in [-0.3, -0.25) is 9.59 Å². The molecule has 8 heteroatoms. The number of nitrogens with zero attached hydrogens (tertiary/aromatic N) is 1. The summed E-state index contributed by atoms with van der Waals surface area (Å²) < 4.78 is 0. The summed E-state index contributed by atoms with van der Waals surface area (Å²) in [5.41, 5.74) is -0.907. The summed E-state index contributed by atoms with van der Waals surface area (Å²) in [4.78, 5) is 29.8. The summed E-state index contributed by atoms with van der Waals surface area (Å²) >= 11 is 0. The van der Waals surface area contributed by atoms with Gasteiger partial charge in [0.2, 0.25) is 0 Å². The van der Waals surface area contributed by atoms with Gasteiger partial charge in [0, 0.05) is 12.5 Å². The molecule has 1 amide bonds. The minimum atomic E-state index is -1.11. The first kappa shape index (κ1) is 30.5. The van der Waals surface area contributed by atoms with Crippen LogP contribution >= 0.6 is 0 Å². The molecule has 0 spiro atoms. The molecule has 230 valence electrons. The van der Waals surface area contributed by atoms with Crippen LogP contribution in [0.1, 0.15) is 99.3 Å². The molecule has 4 unspecified atom stereocenters. The second-order valence-corrected chi connectivity index (χ2v) is 15.9. The molecule has 5 rings (SSSR count). The fraction of sp³-hybridized carbons (Fsp3) is 0.848. The minimum absolute atomic E-state index is 0.0321. The summed E-state index contributed by atoms with van der Waals surface area (Å²) in [5, 5.41) is 40.4. The number of aliphatic carboxylic acids is 1. The summed E-state index contributed by atoms with van der Waals surface area (Å²) in [6.07, 6.45) is 9.57. The number of carbonyl (C=O) groups is 2. The first-order valence-electron chi connectivity index (χ1n) is 15.7. The van der Waals surface area contributed by atoms with E-state index in [2.05, 4.69) is 58.1 Å². The lowest BCUT2D eigenvalue weighted by Crippen LogP contribution is -2.67. The number of carbonyl (C=O) groups excluding carboxylic acids is 1. The van der Waals surface area contributed by atoms with Crippen molar-refractivity contribution in [1.82, 2.24) is 5.32 Å². The van der Waals surface area contributed by atoms with Gasteiger partial charge in [-0.1, -0.05) is 58.3 Å². The molecule has 0 aromatic heterocycles. The van der Waals surface area contributed by atoms with Crippen LogP contribution in [0.3, 0.4) is 0 Å². The van der Waals surface area contributed by atoms with E-state index in [0.717, 1.165) is 38.5 Å². The molecule has 5 aliphatic rings. The third-order valence-corrected chi connectivity index (χ3v) is 13.7. The van der Waals surface area contributed by atoms with Crippen LogP contribution in [-0.2, 0) is 14.4 Å². The lowest BCUT2D eigenvalue weighted by Gasteiger charge is -2.71. The van der Waals surface area contributed by atoms with Crippen molar-refractivity contribution in [3.63, 3.8) is 0 Å². The van der Waals surface area contributed by atoms with E-state index in [1.807, 2.05) is 0 Å². The third-order valence-electron chi connectivity index (χ3n) is 13.7. The Morgan fingerprint density at radius 3 is 2.37 bits per heavy atom. The summed E-state index contributed by atoms with van der Waals surface area (Å²) in [6, 6.07) is 0. The highest BCUT2D eigenvalue weighted by Gasteiger charge is 2.71. The minimum Gasteiger partial charge on any atom is -0.481 e. The number of likely N-dealkylation sites (N-methyl/N-ethyl adjacent to an activating group) is 1. The zero-order chi connectivity index (χ0) is 30.2. The Bertz CT molecular complexity index is 1150. The van der Waals surface area contributed by atoms with Gasteiger partial charge in [0.15, 0.2) is 6.61 Å². The number of aliphatic hydroxyl groups is 2. The third kappa shape index (κ3) is 4.16. The normalized spacial score (nSPS) is 48.6. The van der Waals surface area contributed by atoms with Crippen molar-refractivity contribution >= 4 is 18.1 Å². The van der Waals surface area contributed by atoms with Gasteiger partial charge in [-0.15, -0.1) is 0 Å². The highest BCUT2D eigenvalue weighted by molar-refractivity contribution is 5.78. The van der Waals surface area contributed by atoms with Gasteiger partial charge in [-0.2, -0.15) is 0 Å². The molecule has 41 heavy (non-hydrogen) atoms. The number of aliphatic hydroxyl groups excluding tert-OH is 2. The van der Waals surface area contributed by atoms with Gasteiger partial charge in [0.1, 0.15) is 5.41 Å². The SMILES string of the molecule is CNC(=O)CO/N=C/C1(C)[C@@H]2CC[C@]3(C)C(CC=C4C5CC(C)(C)CC[C@]5(C(=O)O)[C@@H](O)C[C@]43C)C2(C)CC[C@@H]1O. The Hall–Kier alpha value is -1.93. The summed E-state index contributed by atoms with van der Waals surface area (Å²) in [5.74, 6) is -0.774. The number of rotatable bonds is 5. The number of amides is 1. The molecule has 0 aromatic rings. The highest BCUT2D eigenvalue weighted by atomic mass is 16.6. The van der Waals surface area contributed by atoms with Crippen LogP contribution in [0.5, 0.6) is 0 Å². The Morgan fingerprint density at radius 1 is 1.00 bits per heavy atom. The second-order valence-electron chi connectivity index (χ2n) is 15.9. The number of allylic oxidation sites excluding steroid dienone is 2. The smallest absolute Gasteiger partial charge is 0.312 e. The molecule has 4 saturated carbocycles. The van der Waals surface area contributed by atoms with Gasteiger partial charge < -0.3 is 25.5 Å². The van der Waals surface area contributed by atoms with Crippen LogP contribution in [0.4, 0.5) is 0 Å². The summed E-state index contributed by atoms with van der Waals surface area (Å²) in [6.45, 7) is 13.5. The average molecular weight is 573 g/mol. The zero-order valence-corrected chi connectivity index (χ0v) is 26.1. The fourth-order valence-corrected chi connectivity index (χ4v) is 11.0. The predicted octanol–water partition coefficient (Wildman–Crippen LogP) is 4.93. The van der Waals surface area contributed by atoms with Crippen molar-refractivity contribution in [1.29, 1.82) is 0 Å². The number of fused-ring (bicyclic) bond motifs is 7. The van der Waals surface area contributed by atoms with E-state index in [1.165, 1.54) is 5.57 Å². The monoisotopic (exact) mass is 572 g/mol. The Balaban J connectivity index is 1.53. The Kier molecular flexibility index (Phi) is 7.30. The van der Waals surface area contributed by atoms with E-state index < -0.39 is 29.0 Å². The topological polar surface area (TPSA) is 128 Å². The maximum Gasteiger partial charge on any atom is 0.312 e. The van der Waals surface area contributed by atoms with E-state index in [4.69, 9.17) is 4.84 Å². The van der Waals surface area contributed by atoms with Gasteiger partial charge in [0.25, 0.3) is 5.91 Å². The molecule has 0 aliphatic heterocycles. The average Bonchev–Trinajstić information content (AvgIpc) is 2.89. The molecule has 0 bridgehead atoms. The van der Waals surface area contributed by atoms with Crippen LogP contribution < -0.4 is 5.32 Å². The van der Waals surface area contributed by atoms with Crippen LogP contribution in [-0.4, -0.2) is 59.3 Å². The van der Waals surface area contributed by atoms with Gasteiger partial charge >= 0.3 is 5.97 Å². The zero-order valence-electron chi connectivity index (χ0n) is 26.1. The van der Waals surface area contributed by atoms with E-state index in [-0.39, 0.29) is 46.0 Å². The summed E-state index contributed by atoms with van der Waals surface area (Å²) in [7, 11) is 1.55. The molecule has 4 N–H and O–H groups in total. The quantitative estimate of drug-likeness (QED) is 0.210. The number of carboxylic acid groups (broad SMARTS) is 1. The lowest BCUT2D eigenvalue weighted by molar-refractivity contribution is -0.212. The predicted molar refractivity (Wildman–Crippen MR) is 157 cm³/mol. The second kappa shape index (κ2) is 9.80. The fourth-order valence-electron chi connectivity index (χ4n) is 11.0. The molecular formula is C33H52N2O6. The number of nitrogens with one attached hydrogen (secondary N) is 1. The standard InChI is InChI=1S/C33H52N2O6/c1-28(2)14-15-33(27(39)40)21(16-28)20-8-9-23-29(3)12-11-24(36)30(4,19-35-41-18-26(38)34-7)22(29)10-13-31(23,5)32(20,6)17-25(33)37/h8,19,21-25,36-37H,9-18H2,1-7H3,(H,34,38)(H,39,40)/b35-19+/t21?,22-,23?,24+,25+,29?,30?,31-,32-,33-/m1/s1. The number of carboxylic acids is 1. The van der Waals surface area contributed by atoms with Gasteiger partial charge in [0.05, 0.1) is 18.4 Å². The van der Waals surface area contributed by atoms with Crippen LogP contribution in [0.25, 0.3) is 0 Å². The molecule has 8 nitrogen and oxygen atoms in total. The largest absolute Gasteiger partial charge is 0.481 e. The highest BCUT2D eigenvalue weighted by Crippen LogP contribution is 2.75. The molecule has 10 atom stereocenters. The van der Waals surface area contributed by atoms with Crippen LogP contribution in [0.15, 0.2) is 16.8 Å². The first-order chi connectivity index (χ1) is 19.0. The van der Waals surface area contributed by atoms with Gasteiger partial charge in [-0.25, -0.2) is 0 Å². The molecule has 0 aromatic carbocycles. The van der Waals surface area contributed by atoms with Crippen molar-refractivity contribution in [2.75, 3.05) is 13.7 Å². The molecule has 0 radical (unpaired) electrons. The van der Waals surface area contributed by atoms with Crippen molar-refractivity contribution in [3.8, 4) is 0 Å². The first-order valence-corrected chi connectivity index (χ1v) is 15.7. The van der Waals surface area contributed by atoms with Gasteiger partial charge in [-0.05, 0) is 97.2 Å². The van der Waals surface area contributed by atoms with E-state index >= 15 is 0 Å². The number of hydrogen-bond acceptors (Lipinski definition) is 6. The molecule has 0 saturated heterocycles. The molecule has 0 heterocycles. The van der Waals surface area contributed by atoms with Crippen LogP contribution in [0, 0.1) is 50.2 Å². The maximum absolute atomic E-state index is 12.9. The maximum atomic E-state index is 12.9. The lowest BCUT2D eigenvalue weighted by atomic mass is 9.33. The van der Waals surface area contributed by atoms with Crippen molar-refractivity contribution in [2.24, 2.45) is 55.4 Å². The molecule has 5 aliphatic carbocycles. The Morgan fingerprint density at radius 2 is 1.71 bits per heavy atom. The van der Waals surface area contributed by atoms with E-state index in [0.29, 0.717) is 25.2 Å². The Labute approximate surface area is 245 Å².